The number of halogens is 3. The largest absolute Gasteiger partial charge is 0.497 e. The average molecular weight is 427 g/mol. The SMILES string of the molecule is COc1ccc(C(Cc2c([N+](=O)[O-])cccc2C(F)(F)F)OC(=O)CC(=O)O)cc1. The van der Waals surface area contributed by atoms with E-state index in [1.807, 2.05) is 0 Å². The second-order valence-electron chi connectivity index (χ2n) is 6.08. The average Bonchev–Trinajstić information content (AvgIpc) is 2.66. The van der Waals surface area contributed by atoms with E-state index in [1.165, 1.54) is 31.4 Å². The standard InChI is InChI=1S/C19H16F3NO7/c1-29-12-7-5-11(6-8-12)16(30-18(26)10-17(24)25)9-13-14(19(20,21)22)3-2-4-15(13)23(27)28/h2-8,16H,9-10H2,1H3,(H,24,25). The Morgan fingerprint density at radius 1 is 1.17 bits per heavy atom. The zero-order valence-corrected chi connectivity index (χ0v) is 15.5. The van der Waals surface area contributed by atoms with Gasteiger partial charge >= 0.3 is 18.1 Å². The Morgan fingerprint density at radius 2 is 1.80 bits per heavy atom. The number of nitro benzene ring substituents is 1. The number of carboxylic acid groups (broad SMARTS) is 1. The molecule has 2 aromatic rings. The first-order valence-corrected chi connectivity index (χ1v) is 8.41. The van der Waals surface area contributed by atoms with Crippen LogP contribution in [0, 0.1) is 10.1 Å². The number of hydrogen-bond acceptors (Lipinski definition) is 6. The number of carbonyl (C=O) groups excluding carboxylic acids is 1. The van der Waals surface area contributed by atoms with Crippen molar-refractivity contribution in [2.75, 3.05) is 7.11 Å². The lowest BCUT2D eigenvalue weighted by Crippen LogP contribution is -2.19. The van der Waals surface area contributed by atoms with Gasteiger partial charge in [-0.15, -0.1) is 0 Å². The molecule has 0 saturated carbocycles. The highest BCUT2D eigenvalue weighted by atomic mass is 19.4. The van der Waals surface area contributed by atoms with Gasteiger partial charge in [-0.25, -0.2) is 0 Å². The molecule has 30 heavy (non-hydrogen) atoms. The van der Waals surface area contributed by atoms with Crippen LogP contribution in [0.5, 0.6) is 5.75 Å². The van der Waals surface area contributed by atoms with Crippen molar-refractivity contribution in [3.05, 3.63) is 69.3 Å². The quantitative estimate of drug-likeness (QED) is 0.294. The van der Waals surface area contributed by atoms with Crippen LogP contribution in [-0.4, -0.2) is 29.1 Å². The van der Waals surface area contributed by atoms with Crippen LogP contribution in [0.3, 0.4) is 0 Å². The van der Waals surface area contributed by atoms with Crippen LogP contribution < -0.4 is 4.74 Å². The lowest BCUT2D eigenvalue weighted by Gasteiger charge is -2.21. The van der Waals surface area contributed by atoms with Crippen LogP contribution in [0.25, 0.3) is 0 Å². The minimum absolute atomic E-state index is 0.209. The molecule has 0 fully saturated rings. The van der Waals surface area contributed by atoms with Gasteiger partial charge in [0.1, 0.15) is 18.3 Å². The molecule has 0 bridgehead atoms. The molecule has 0 radical (unpaired) electrons. The molecule has 0 aromatic heterocycles. The Morgan fingerprint density at radius 3 is 2.30 bits per heavy atom. The fraction of sp³-hybridized carbons (Fsp3) is 0.263. The minimum atomic E-state index is -4.89. The minimum Gasteiger partial charge on any atom is -0.497 e. The van der Waals surface area contributed by atoms with Gasteiger partial charge in [0.15, 0.2) is 0 Å². The van der Waals surface area contributed by atoms with Crippen LogP contribution in [0.2, 0.25) is 0 Å². The molecule has 0 aliphatic rings. The summed E-state index contributed by atoms with van der Waals surface area (Å²) < 4.78 is 50.4. The molecule has 11 heteroatoms. The second-order valence-corrected chi connectivity index (χ2v) is 6.08. The van der Waals surface area contributed by atoms with E-state index in [1.54, 1.807) is 0 Å². The van der Waals surface area contributed by atoms with Crippen LogP contribution >= 0.6 is 0 Å². The van der Waals surface area contributed by atoms with Gasteiger partial charge in [-0.05, 0) is 23.8 Å². The molecule has 0 aliphatic heterocycles. The molecule has 0 aliphatic carbocycles. The normalized spacial score (nSPS) is 12.1. The molecular formula is C19H16F3NO7. The van der Waals surface area contributed by atoms with Crippen molar-refractivity contribution in [3.8, 4) is 5.75 Å². The van der Waals surface area contributed by atoms with Crippen molar-refractivity contribution in [2.45, 2.75) is 25.1 Å². The fourth-order valence-corrected chi connectivity index (χ4v) is 2.78. The first-order valence-electron chi connectivity index (χ1n) is 8.41. The number of benzene rings is 2. The van der Waals surface area contributed by atoms with Crippen LogP contribution in [-0.2, 0) is 26.9 Å². The van der Waals surface area contributed by atoms with E-state index in [2.05, 4.69) is 0 Å². The fourth-order valence-electron chi connectivity index (χ4n) is 2.78. The van der Waals surface area contributed by atoms with E-state index in [0.717, 1.165) is 12.1 Å². The monoisotopic (exact) mass is 427 g/mol. The second kappa shape index (κ2) is 9.25. The lowest BCUT2D eigenvalue weighted by molar-refractivity contribution is -0.385. The number of nitro groups is 1. The molecule has 1 atom stereocenters. The topological polar surface area (TPSA) is 116 Å². The van der Waals surface area contributed by atoms with Crippen molar-refractivity contribution in [2.24, 2.45) is 0 Å². The number of esters is 1. The van der Waals surface area contributed by atoms with Gasteiger partial charge in [-0.2, -0.15) is 13.2 Å². The molecule has 1 unspecified atom stereocenters. The number of aliphatic carboxylic acids is 1. The Kier molecular flexibility index (Phi) is 6.98. The van der Waals surface area contributed by atoms with Crippen molar-refractivity contribution < 1.29 is 42.3 Å². The molecular weight excluding hydrogens is 411 g/mol. The van der Waals surface area contributed by atoms with E-state index < -0.39 is 58.8 Å². The Labute approximate surface area is 168 Å². The number of carbonyl (C=O) groups is 2. The van der Waals surface area contributed by atoms with Gasteiger partial charge in [0, 0.05) is 18.1 Å². The number of carboxylic acids is 1. The van der Waals surface area contributed by atoms with E-state index in [-0.39, 0.29) is 5.56 Å². The first kappa shape index (κ1) is 22.7. The van der Waals surface area contributed by atoms with Gasteiger partial charge in [-0.1, -0.05) is 18.2 Å². The summed E-state index contributed by atoms with van der Waals surface area (Å²) in [6.07, 6.45) is -8.00. The summed E-state index contributed by atoms with van der Waals surface area (Å²) in [7, 11) is 1.39. The zero-order chi connectivity index (χ0) is 22.5. The van der Waals surface area contributed by atoms with Crippen LogP contribution in [0.4, 0.5) is 18.9 Å². The van der Waals surface area contributed by atoms with Gasteiger partial charge in [0.2, 0.25) is 0 Å². The van der Waals surface area contributed by atoms with Gasteiger partial charge < -0.3 is 14.6 Å². The number of hydrogen-bond donors (Lipinski definition) is 1. The lowest BCUT2D eigenvalue weighted by atomic mass is 9.95. The summed E-state index contributed by atoms with van der Waals surface area (Å²) in [5.74, 6) is -2.28. The van der Waals surface area contributed by atoms with Crippen LogP contribution in [0.1, 0.15) is 29.2 Å². The molecule has 0 spiro atoms. The first-order chi connectivity index (χ1) is 14.0. The maximum absolute atomic E-state index is 13.5. The number of rotatable bonds is 8. The van der Waals surface area contributed by atoms with Gasteiger partial charge in [0.05, 0.1) is 17.6 Å². The smallest absolute Gasteiger partial charge is 0.416 e. The van der Waals surface area contributed by atoms with Crippen molar-refractivity contribution in [1.29, 1.82) is 0 Å². The number of nitrogens with zero attached hydrogens (tertiary/aromatic N) is 1. The highest BCUT2D eigenvalue weighted by Crippen LogP contribution is 2.39. The third-order valence-electron chi connectivity index (χ3n) is 4.10. The third-order valence-corrected chi connectivity index (χ3v) is 4.10. The summed E-state index contributed by atoms with van der Waals surface area (Å²) in [5.41, 5.74) is -2.51. The zero-order valence-electron chi connectivity index (χ0n) is 15.5. The molecule has 1 N–H and O–H groups in total. The van der Waals surface area contributed by atoms with Crippen molar-refractivity contribution in [1.82, 2.24) is 0 Å². The molecule has 0 heterocycles. The predicted molar refractivity (Wildman–Crippen MR) is 95.9 cm³/mol. The molecule has 2 aromatic carbocycles. The maximum Gasteiger partial charge on any atom is 0.416 e. The maximum atomic E-state index is 13.5. The third kappa shape index (κ3) is 5.69. The summed E-state index contributed by atoms with van der Waals surface area (Å²) in [6.45, 7) is 0. The van der Waals surface area contributed by atoms with E-state index in [0.29, 0.717) is 11.8 Å². The predicted octanol–water partition coefficient (Wildman–Crippen LogP) is 3.92. The molecule has 8 nitrogen and oxygen atoms in total. The van der Waals surface area contributed by atoms with E-state index >= 15 is 0 Å². The van der Waals surface area contributed by atoms with Crippen molar-refractivity contribution >= 4 is 17.6 Å². The van der Waals surface area contributed by atoms with Gasteiger partial charge in [0.25, 0.3) is 5.69 Å². The summed E-state index contributed by atoms with van der Waals surface area (Å²) in [4.78, 5) is 33.0. The molecule has 2 rings (SSSR count). The van der Waals surface area contributed by atoms with E-state index in [9.17, 15) is 32.9 Å². The number of alkyl halides is 3. The Bertz CT molecular complexity index is 942. The molecule has 0 amide bonds. The molecule has 160 valence electrons. The van der Waals surface area contributed by atoms with Gasteiger partial charge in [-0.3, -0.25) is 19.7 Å². The summed E-state index contributed by atoms with van der Waals surface area (Å²) >= 11 is 0. The number of methoxy groups -OCH3 is 1. The highest BCUT2D eigenvalue weighted by Gasteiger charge is 2.38. The summed E-state index contributed by atoms with van der Waals surface area (Å²) in [5, 5.41) is 20.0. The Hall–Kier alpha value is -3.63. The molecule has 0 saturated heterocycles. The number of ether oxygens (including phenoxy) is 2. The highest BCUT2D eigenvalue weighted by molar-refractivity contribution is 5.90. The van der Waals surface area contributed by atoms with E-state index in [4.69, 9.17) is 14.6 Å². The van der Waals surface area contributed by atoms with Crippen molar-refractivity contribution in [3.63, 3.8) is 0 Å². The summed E-state index contributed by atoms with van der Waals surface area (Å²) in [6, 6.07) is 8.22. The van der Waals surface area contributed by atoms with Crippen LogP contribution in [0.15, 0.2) is 42.5 Å². The Balaban J connectivity index is 2.53.